The Balaban J connectivity index is 1.78. The fraction of sp³-hybridized carbons (Fsp3) is 0.889. The van der Waals surface area contributed by atoms with Gasteiger partial charge in [0.15, 0.2) is 0 Å². The lowest BCUT2D eigenvalue weighted by atomic mass is 10.1. The van der Waals surface area contributed by atoms with Crippen LogP contribution in [0.3, 0.4) is 0 Å². The summed E-state index contributed by atoms with van der Waals surface area (Å²) in [6, 6.07) is 0.985. The molecule has 0 aromatic heterocycles. The van der Waals surface area contributed by atoms with Crippen molar-refractivity contribution in [2.75, 3.05) is 32.7 Å². The van der Waals surface area contributed by atoms with Crippen molar-refractivity contribution in [3.8, 4) is 0 Å². The number of rotatable bonds is 1. The first-order valence-electron chi connectivity index (χ1n) is 5.12. The van der Waals surface area contributed by atoms with E-state index >= 15 is 0 Å². The van der Waals surface area contributed by atoms with E-state index in [0.717, 1.165) is 19.6 Å². The smallest absolute Gasteiger partial charge is 0.407 e. The number of piperazine rings is 1. The van der Waals surface area contributed by atoms with E-state index in [2.05, 4.69) is 17.1 Å². The maximum Gasteiger partial charge on any atom is 0.407 e. The van der Waals surface area contributed by atoms with Crippen LogP contribution in [0.4, 0.5) is 4.79 Å². The molecule has 0 aromatic rings. The normalized spacial score (nSPS) is 30.1. The number of nitrogens with zero attached hydrogens (tertiary/aromatic N) is 2. The van der Waals surface area contributed by atoms with Gasteiger partial charge in [0.1, 0.15) is 0 Å². The van der Waals surface area contributed by atoms with Crippen LogP contribution in [0, 0.1) is 0 Å². The summed E-state index contributed by atoms with van der Waals surface area (Å²) in [6.45, 7) is 6.63. The molecule has 2 heterocycles. The van der Waals surface area contributed by atoms with Crippen LogP contribution in [-0.2, 0) is 0 Å². The molecule has 0 bridgehead atoms. The first kappa shape index (κ1) is 9.73. The zero-order valence-corrected chi connectivity index (χ0v) is 8.44. The standard InChI is InChI=1S/C9H17N3O2/c1-7-4-11(3-2-10-7)8-5-12(6-8)9(13)14/h7-8,10H,2-6H2,1H3,(H,13,14). The van der Waals surface area contributed by atoms with Crippen LogP contribution in [0.15, 0.2) is 0 Å². The van der Waals surface area contributed by atoms with Gasteiger partial charge in [-0.2, -0.15) is 0 Å². The summed E-state index contributed by atoms with van der Waals surface area (Å²) in [5.74, 6) is 0. The third kappa shape index (κ3) is 1.83. The van der Waals surface area contributed by atoms with Crippen molar-refractivity contribution in [1.29, 1.82) is 0 Å². The fourth-order valence-corrected chi connectivity index (χ4v) is 2.14. The molecule has 2 aliphatic heterocycles. The number of hydrogen-bond acceptors (Lipinski definition) is 3. The molecule has 0 spiro atoms. The highest BCUT2D eigenvalue weighted by atomic mass is 16.4. The maximum atomic E-state index is 10.6. The molecule has 80 valence electrons. The summed E-state index contributed by atoms with van der Waals surface area (Å²) in [5, 5.41) is 12.1. The Morgan fingerprint density at radius 3 is 2.71 bits per heavy atom. The highest BCUT2D eigenvalue weighted by Crippen LogP contribution is 2.16. The predicted octanol–water partition coefficient (Wildman–Crippen LogP) is -0.358. The zero-order chi connectivity index (χ0) is 10.1. The fourth-order valence-electron chi connectivity index (χ4n) is 2.14. The minimum absolute atomic E-state index is 0.454. The molecule has 5 heteroatoms. The van der Waals surface area contributed by atoms with Gasteiger partial charge in [-0.05, 0) is 6.92 Å². The Labute approximate surface area is 83.7 Å². The van der Waals surface area contributed by atoms with Gasteiger partial charge in [-0.15, -0.1) is 0 Å². The molecule has 1 amide bonds. The Hall–Kier alpha value is -0.810. The van der Waals surface area contributed by atoms with E-state index in [0.29, 0.717) is 25.2 Å². The summed E-state index contributed by atoms with van der Waals surface area (Å²) in [7, 11) is 0. The van der Waals surface area contributed by atoms with Crippen molar-refractivity contribution in [3.63, 3.8) is 0 Å². The van der Waals surface area contributed by atoms with E-state index in [1.165, 1.54) is 4.90 Å². The maximum absolute atomic E-state index is 10.6. The molecule has 2 rings (SSSR count). The number of nitrogens with one attached hydrogen (secondary N) is 1. The Bertz CT molecular complexity index is 228. The highest BCUT2D eigenvalue weighted by molar-refractivity contribution is 5.66. The molecule has 0 saturated carbocycles. The number of amides is 1. The minimum atomic E-state index is -0.788. The summed E-state index contributed by atoms with van der Waals surface area (Å²) in [5.41, 5.74) is 0. The molecule has 0 aromatic carbocycles. The van der Waals surface area contributed by atoms with Crippen LogP contribution < -0.4 is 5.32 Å². The molecule has 2 N–H and O–H groups in total. The van der Waals surface area contributed by atoms with Gasteiger partial charge in [-0.1, -0.05) is 0 Å². The summed E-state index contributed by atoms with van der Waals surface area (Å²) in [4.78, 5) is 14.4. The quantitative estimate of drug-likeness (QED) is 0.605. The van der Waals surface area contributed by atoms with Gasteiger partial charge >= 0.3 is 6.09 Å². The molecule has 2 aliphatic rings. The van der Waals surface area contributed by atoms with Gasteiger partial charge in [-0.25, -0.2) is 4.79 Å². The molecule has 14 heavy (non-hydrogen) atoms. The first-order chi connectivity index (χ1) is 6.66. The first-order valence-corrected chi connectivity index (χ1v) is 5.12. The third-order valence-electron chi connectivity index (χ3n) is 3.05. The highest BCUT2D eigenvalue weighted by Gasteiger charge is 2.35. The Morgan fingerprint density at radius 2 is 2.14 bits per heavy atom. The monoisotopic (exact) mass is 199 g/mol. The predicted molar refractivity (Wildman–Crippen MR) is 52.4 cm³/mol. The van der Waals surface area contributed by atoms with Gasteiger partial charge in [-0.3, -0.25) is 4.90 Å². The lowest BCUT2D eigenvalue weighted by Gasteiger charge is -2.46. The molecular weight excluding hydrogens is 182 g/mol. The molecule has 0 radical (unpaired) electrons. The number of carbonyl (C=O) groups is 1. The van der Waals surface area contributed by atoms with E-state index < -0.39 is 6.09 Å². The average Bonchev–Trinajstić information content (AvgIpc) is 2.00. The van der Waals surface area contributed by atoms with Gasteiger partial charge in [0.2, 0.25) is 0 Å². The molecule has 2 fully saturated rings. The molecule has 1 atom stereocenters. The number of carboxylic acid groups (broad SMARTS) is 1. The van der Waals surface area contributed by atoms with Crippen molar-refractivity contribution in [1.82, 2.24) is 15.1 Å². The van der Waals surface area contributed by atoms with Crippen LogP contribution in [-0.4, -0.2) is 65.8 Å². The summed E-state index contributed by atoms with van der Waals surface area (Å²) < 4.78 is 0. The van der Waals surface area contributed by atoms with Crippen LogP contribution in [0.1, 0.15) is 6.92 Å². The molecular formula is C9H17N3O2. The van der Waals surface area contributed by atoms with Crippen LogP contribution >= 0.6 is 0 Å². The Morgan fingerprint density at radius 1 is 1.43 bits per heavy atom. The zero-order valence-electron chi connectivity index (χ0n) is 8.44. The Kier molecular flexibility index (Phi) is 2.60. The lowest BCUT2D eigenvalue weighted by molar-refractivity contribution is 0.0245. The molecule has 1 unspecified atom stereocenters. The second-order valence-electron chi connectivity index (χ2n) is 4.19. The van der Waals surface area contributed by atoms with Crippen molar-refractivity contribution in [3.05, 3.63) is 0 Å². The SMILES string of the molecule is CC1CN(C2CN(C(=O)O)C2)CCN1. The van der Waals surface area contributed by atoms with Crippen molar-refractivity contribution in [2.45, 2.75) is 19.0 Å². The van der Waals surface area contributed by atoms with E-state index in [4.69, 9.17) is 5.11 Å². The summed E-state index contributed by atoms with van der Waals surface area (Å²) in [6.07, 6.45) is -0.788. The molecule has 2 saturated heterocycles. The van der Waals surface area contributed by atoms with Gasteiger partial charge in [0, 0.05) is 44.8 Å². The number of likely N-dealkylation sites (tertiary alicyclic amines) is 1. The van der Waals surface area contributed by atoms with Crippen LogP contribution in [0.5, 0.6) is 0 Å². The van der Waals surface area contributed by atoms with E-state index in [1.807, 2.05) is 0 Å². The van der Waals surface area contributed by atoms with Gasteiger partial charge < -0.3 is 15.3 Å². The van der Waals surface area contributed by atoms with Crippen LogP contribution in [0.25, 0.3) is 0 Å². The largest absolute Gasteiger partial charge is 0.465 e. The minimum Gasteiger partial charge on any atom is -0.465 e. The van der Waals surface area contributed by atoms with E-state index in [1.54, 1.807) is 0 Å². The number of hydrogen-bond donors (Lipinski definition) is 2. The van der Waals surface area contributed by atoms with Crippen molar-refractivity contribution >= 4 is 6.09 Å². The summed E-state index contributed by atoms with van der Waals surface area (Å²) >= 11 is 0. The average molecular weight is 199 g/mol. The van der Waals surface area contributed by atoms with Crippen LogP contribution in [0.2, 0.25) is 0 Å². The van der Waals surface area contributed by atoms with E-state index in [9.17, 15) is 4.79 Å². The third-order valence-corrected chi connectivity index (χ3v) is 3.05. The van der Waals surface area contributed by atoms with Crippen molar-refractivity contribution < 1.29 is 9.90 Å². The van der Waals surface area contributed by atoms with Gasteiger partial charge in [0.25, 0.3) is 0 Å². The molecule has 0 aliphatic carbocycles. The van der Waals surface area contributed by atoms with Crippen molar-refractivity contribution in [2.24, 2.45) is 0 Å². The second-order valence-corrected chi connectivity index (χ2v) is 4.19. The van der Waals surface area contributed by atoms with E-state index in [-0.39, 0.29) is 0 Å². The lowest BCUT2D eigenvalue weighted by Crippen LogP contribution is -2.64. The van der Waals surface area contributed by atoms with Gasteiger partial charge in [0.05, 0.1) is 0 Å². The topological polar surface area (TPSA) is 55.8 Å². The molecule has 5 nitrogen and oxygen atoms in total. The second kappa shape index (κ2) is 3.74.